The molecule has 0 saturated carbocycles. The number of thiazole rings is 1. The summed E-state index contributed by atoms with van der Waals surface area (Å²) in [6, 6.07) is 5.64. The molecule has 0 saturated heterocycles. The minimum atomic E-state index is -0.481. The number of hydrogen-bond acceptors (Lipinski definition) is 5. The molecule has 0 atom stereocenters. The van der Waals surface area contributed by atoms with Crippen molar-refractivity contribution in [1.29, 1.82) is 0 Å². The maximum absolute atomic E-state index is 11.4. The van der Waals surface area contributed by atoms with E-state index >= 15 is 0 Å². The number of nitrogens with one attached hydrogen (secondary N) is 1. The smallest absolute Gasteiger partial charge is 0.413 e. The van der Waals surface area contributed by atoms with Gasteiger partial charge in [0.25, 0.3) is 0 Å². The average Bonchev–Trinajstić information content (AvgIpc) is 2.57. The topological polar surface area (TPSA) is 51.2 Å². The highest BCUT2D eigenvalue weighted by Crippen LogP contribution is 2.27. The fraction of sp³-hybridized carbons (Fsp3) is 0.273. The van der Waals surface area contributed by atoms with E-state index in [0.29, 0.717) is 5.13 Å². The third-order valence-corrected chi connectivity index (χ3v) is 3.14. The fourth-order valence-corrected chi connectivity index (χ4v) is 2.48. The van der Waals surface area contributed by atoms with Gasteiger partial charge >= 0.3 is 6.09 Å². The molecule has 6 heteroatoms. The van der Waals surface area contributed by atoms with Crippen molar-refractivity contribution in [3.8, 4) is 0 Å². The van der Waals surface area contributed by atoms with Crippen LogP contribution in [0.25, 0.3) is 10.2 Å². The molecule has 17 heavy (non-hydrogen) atoms. The number of hydrogen-bond donors (Lipinski definition) is 2. The van der Waals surface area contributed by atoms with Crippen molar-refractivity contribution in [3.63, 3.8) is 0 Å². The first kappa shape index (κ1) is 12.2. The number of thiol groups is 1. The number of ether oxygens (including phenoxy) is 1. The van der Waals surface area contributed by atoms with E-state index in [-0.39, 0.29) is 6.10 Å². The lowest BCUT2D eigenvalue weighted by atomic mass is 10.3. The Morgan fingerprint density at radius 3 is 3.00 bits per heavy atom. The zero-order valence-electron chi connectivity index (χ0n) is 9.43. The van der Waals surface area contributed by atoms with Crippen LogP contribution in [-0.4, -0.2) is 17.2 Å². The number of fused-ring (bicyclic) bond motifs is 1. The molecule has 0 aliphatic carbocycles. The highest BCUT2D eigenvalue weighted by atomic mass is 32.1. The number of aromatic nitrogens is 1. The molecule has 0 fully saturated rings. The minimum Gasteiger partial charge on any atom is -0.447 e. The number of carbonyl (C=O) groups excluding carboxylic acids is 1. The van der Waals surface area contributed by atoms with Crippen LogP contribution in [0.15, 0.2) is 23.1 Å². The number of rotatable bonds is 2. The van der Waals surface area contributed by atoms with E-state index in [0.717, 1.165) is 15.1 Å². The molecule has 90 valence electrons. The van der Waals surface area contributed by atoms with Crippen LogP contribution in [0.5, 0.6) is 0 Å². The predicted molar refractivity (Wildman–Crippen MR) is 72.1 cm³/mol. The number of carbonyl (C=O) groups is 1. The van der Waals surface area contributed by atoms with Crippen molar-refractivity contribution in [1.82, 2.24) is 4.98 Å². The monoisotopic (exact) mass is 268 g/mol. The van der Waals surface area contributed by atoms with Crippen molar-refractivity contribution in [2.24, 2.45) is 0 Å². The number of anilines is 1. The maximum Gasteiger partial charge on any atom is 0.413 e. The Morgan fingerprint density at radius 2 is 2.29 bits per heavy atom. The van der Waals surface area contributed by atoms with Gasteiger partial charge in [0, 0.05) is 4.90 Å². The van der Waals surface area contributed by atoms with Gasteiger partial charge < -0.3 is 4.74 Å². The third kappa shape index (κ3) is 3.10. The molecule has 0 unspecified atom stereocenters. The number of benzene rings is 1. The van der Waals surface area contributed by atoms with E-state index in [9.17, 15) is 4.79 Å². The summed E-state index contributed by atoms with van der Waals surface area (Å²) in [7, 11) is 0. The number of amides is 1. The third-order valence-electron chi connectivity index (χ3n) is 1.92. The van der Waals surface area contributed by atoms with Gasteiger partial charge in [-0.05, 0) is 32.0 Å². The quantitative estimate of drug-likeness (QED) is 0.819. The largest absolute Gasteiger partial charge is 0.447 e. The molecular formula is C11H12N2O2S2. The van der Waals surface area contributed by atoms with Crippen molar-refractivity contribution in [2.75, 3.05) is 5.32 Å². The lowest BCUT2D eigenvalue weighted by Gasteiger charge is -2.06. The minimum absolute atomic E-state index is 0.145. The highest BCUT2D eigenvalue weighted by Gasteiger charge is 2.09. The first-order valence-electron chi connectivity index (χ1n) is 5.12. The standard InChI is InChI=1S/C11H12N2O2S2/c1-6(2)15-11(14)13-10-12-8-4-3-7(16)5-9(8)17-10/h3-6,16H,1-2H3,(H,12,13,14). The summed E-state index contributed by atoms with van der Waals surface area (Å²) in [6.45, 7) is 3.59. The van der Waals surface area contributed by atoms with Crippen molar-refractivity contribution in [2.45, 2.75) is 24.8 Å². The Kier molecular flexibility index (Phi) is 3.54. The van der Waals surface area contributed by atoms with Crippen LogP contribution >= 0.6 is 24.0 Å². The Hall–Kier alpha value is -1.27. The molecule has 0 aliphatic heterocycles. The van der Waals surface area contributed by atoms with Crippen LogP contribution in [0.2, 0.25) is 0 Å². The maximum atomic E-state index is 11.4. The van der Waals surface area contributed by atoms with E-state index in [2.05, 4.69) is 22.9 Å². The van der Waals surface area contributed by atoms with Crippen molar-refractivity contribution in [3.05, 3.63) is 18.2 Å². The van der Waals surface area contributed by atoms with E-state index in [1.165, 1.54) is 11.3 Å². The zero-order valence-corrected chi connectivity index (χ0v) is 11.1. The second-order valence-electron chi connectivity index (χ2n) is 3.75. The van der Waals surface area contributed by atoms with Gasteiger partial charge in [0.1, 0.15) is 0 Å². The lowest BCUT2D eigenvalue weighted by molar-refractivity contribution is 0.130. The summed E-state index contributed by atoms with van der Waals surface area (Å²) in [5.74, 6) is 0. The van der Waals surface area contributed by atoms with E-state index in [4.69, 9.17) is 4.74 Å². The van der Waals surface area contributed by atoms with Crippen LogP contribution in [0.3, 0.4) is 0 Å². The van der Waals surface area contributed by atoms with Gasteiger partial charge in [-0.15, -0.1) is 12.6 Å². The van der Waals surface area contributed by atoms with Gasteiger partial charge in [-0.25, -0.2) is 9.78 Å². The Balaban J connectivity index is 2.17. The van der Waals surface area contributed by atoms with Gasteiger partial charge in [0.2, 0.25) is 0 Å². The SMILES string of the molecule is CC(C)OC(=O)Nc1nc2ccc(S)cc2s1. The summed E-state index contributed by atoms with van der Waals surface area (Å²) < 4.78 is 5.96. The van der Waals surface area contributed by atoms with E-state index in [1.54, 1.807) is 13.8 Å². The van der Waals surface area contributed by atoms with Crippen molar-refractivity contribution >= 4 is 45.4 Å². The zero-order chi connectivity index (χ0) is 12.4. The summed E-state index contributed by atoms with van der Waals surface area (Å²) in [5, 5.41) is 3.14. The molecule has 4 nitrogen and oxygen atoms in total. The first-order chi connectivity index (χ1) is 8.04. The van der Waals surface area contributed by atoms with Gasteiger partial charge in [-0.2, -0.15) is 0 Å². The Labute approximate surface area is 108 Å². The molecule has 1 heterocycles. The lowest BCUT2D eigenvalue weighted by Crippen LogP contribution is -2.17. The van der Waals surface area contributed by atoms with Gasteiger partial charge in [-0.3, -0.25) is 5.32 Å². The summed E-state index contributed by atoms with van der Waals surface area (Å²) in [6.07, 6.45) is -0.626. The summed E-state index contributed by atoms with van der Waals surface area (Å²) in [4.78, 5) is 16.5. The van der Waals surface area contributed by atoms with Gasteiger partial charge in [0.05, 0.1) is 16.3 Å². The van der Waals surface area contributed by atoms with Crippen LogP contribution in [0.1, 0.15) is 13.8 Å². The molecule has 2 aromatic rings. The molecule has 2 rings (SSSR count). The fourth-order valence-electron chi connectivity index (χ4n) is 1.30. The molecule has 0 radical (unpaired) electrons. The van der Waals surface area contributed by atoms with Crippen molar-refractivity contribution < 1.29 is 9.53 Å². The second kappa shape index (κ2) is 4.93. The van der Waals surface area contributed by atoms with Crippen LogP contribution < -0.4 is 5.32 Å². The normalized spacial score (nSPS) is 10.8. The second-order valence-corrected chi connectivity index (χ2v) is 5.30. The van der Waals surface area contributed by atoms with E-state index < -0.39 is 6.09 Å². The van der Waals surface area contributed by atoms with E-state index in [1.807, 2.05) is 18.2 Å². The molecule has 0 aliphatic rings. The molecule has 1 amide bonds. The molecule has 1 N–H and O–H groups in total. The highest BCUT2D eigenvalue weighted by molar-refractivity contribution is 7.80. The summed E-state index contributed by atoms with van der Waals surface area (Å²) in [5.41, 5.74) is 0.840. The predicted octanol–water partition coefficient (Wildman–Crippen LogP) is 3.54. The molecule has 0 bridgehead atoms. The average molecular weight is 268 g/mol. The molecule has 0 spiro atoms. The van der Waals surface area contributed by atoms with Gasteiger partial charge in [0.15, 0.2) is 5.13 Å². The first-order valence-corrected chi connectivity index (χ1v) is 6.38. The van der Waals surface area contributed by atoms with Gasteiger partial charge in [-0.1, -0.05) is 11.3 Å². The van der Waals surface area contributed by atoms with Crippen LogP contribution in [0, 0.1) is 0 Å². The molecule has 1 aromatic heterocycles. The Bertz CT molecular complexity index is 551. The van der Waals surface area contributed by atoms with Crippen LogP contribution in [-0.2, 0) is 4.74 Å². The number of nitrogens with zero attached hydrogens (tertiary/aromatic N) is 1. The molecule has 1 aromatic carbocycles. The molecular weight excluding hydrogens is 256 g/mol. The Morgan fingerprint density at radius 1 is 1.53 bits per heavy atom. The summed E-state index contributed by atoms with van der Waals surface area (Å²) >= 11 is 5.65. The van der Waals surface area contributed by atoms with Crippen LogP contribution in [0.4, 0.5) is 9.93 Å².